The van der Waals surface area contributed by atoms with Gasteiger partial charge in [-0.15, -0.1) is 0 Å². The molecule has 0 radical (unpaired) electrons. The highest BCUT2D eigenvalue weighted by atomic mass is 32.2. The molecule has 1 unspecified atom stereocenters. The average molecular weight is 237 g/mol. The zero-order valence-electron chi connectivity index (χ0n) is 9.11. The predicted octanol–water partition coefficient (Wildman–Crippen LogP) is 0.927. The van der Waals surface area contributed by atoms with Crippen LogP contribution in [0.15, 0.2) is 6.33 Å². The number of thioether (sulfide) groups is 1. The Morgan fingerprint density at radius 2 is 2.44 bits per heavy atom. The molecular formula is C11H15N3OS. The van der Waals surface area contributed by atoms with Crippen molar-refractivity contribution in [2.45, 2.75) is 19.1 Å². The van der Waals surface area contributed by atoms with E-state index in [1.54, 1.807) is 6.33 Å². The molecular weight excluding hydrogens is 222 g/mol. The Bertz CT molecular complexity index is 379. The van der Waals surface area contributed by atoms with Crippen molar-refractivity contribution in [3.8, 4) is 0 Å². The highest BCUT2D eigenvalue weighted by molar-refractivity contribution is 7.99. The molecule has 3 rings (SSSR count). The third kappa shape index (κ3) is 1.95. The second-order valence-corrected chi connectivity index (χ2v) is 5.22. The zero-order chi connectivity index (χ0) is 10.8. The summed E-state index contributed by atoms with van der Waals surface area (Å²) < 4.78 is 5.51. The summed E-state index contributed by atoms with van der Waals surface area (Å²) in [6.07, 6.45) is 2.62. The predicted molar refractivity (Wildman–Crippen MR) is 63.5 cm³/mol. The molecule has 2 aliphatic heterocycles. The summed E-state index contributed by atoms with van der Waals surface area (Å²) in [5, 5.41) is 3.52. The topological polar surface area (TPSA) is 47.0 Å². The Morgan fingerprint density at radius 1 is 1.44 bits per heavy atom. The highest BCUT2D eigenvalue weighted by Crippen LogP contribution is 2.26. The normalized spacial score (nSPS) is 25.1. The number of aromatic nitrogens is 2. The van der Waals surface area contributed by atoms with Gasteiger partial charge in [0.1, 0.15) is 6.33 Å². The molecule has 2 aliphatic rings. The van der Waals surface area contributed by atoms with Gasteiger partial charge in [0, 0.05) is 30.0 Å². The van der Waals surface area contributed by atoms with Crippen molar-refractivity contribution >= 4 is 11.8 Å². The van der Waals surface area contributed by atoms with Crippen LogP contribution in [0.2, 0.25) is 0 Å². The van der Waals surface area contributed by atoms with Crippen molar-refractivity contribution < 1.29 is 4.74 Å². The summed E-state index contributed by atoms with van der Waals surface area (Å²) in [6, 6.07) is 0.372. The number of nitrogens with one attached hydrogen (secondary N) is 1. The Balaban J connectivity index is 1.93. The standard InChI is InChI=1S/C11H15N3OS/c1-3-15-5-8-9(1)13-7-14-11(8)10-6-16-4-2-12-10/h7,10,12H,1-6H2. The van der Waals surface area contributed by atoms with Gasteiger partial charge in [0.2, 0.25) is 0 Å². The number of nitrogens with zero attached hydrogens (tertiary/aromatic N) is 2. The molecule has 0 saturated carbocycles. The summed E-state index contributed by atoms with van der Waals surface area (Å²) >= 11 is 1.98. The Hall–Kier alpha value is -0.650. The number of rotatable bonds is 1. The quantitative estimate of drug-likeness (QED) is 0.787. The minimum Gasteiger partial charge on any atom is -0.376 e. The maximum atomic E-state index is 5.51. The minimum absolute atomic E-state index is 0.372. The molecule has 16 heavy (non-hydrogen) atoms. The van der Waals surface area contributed by atoms with Gasteiger partial charge < -0.3 is 10.1 Å². The second-order valence-electron chi connectivity index (χ2n) is 4.07. The van der Waals surface area contributed by atoms with E-state index in [0.29, 0.717) is 12.6 Å². The van der Waals surface area contributed by atoms with Crippen LogP contribution in [-0.2, 0) is 17.8 Å². The molecule has 0 bridgehead atoms. The molecule has 1 saturated heterocycles. The molecule has 0 aromatic carbocycles. The van der Waals surface area contributed by atoms with Gasteiger partial charge in [0.15, 0.2) is 0 Å². The van der Waals surface area contributed by atoms with Crippen molar-refractivity contribution in [1.82, 2.24) is 15.3 Å². The first-order chi connectivity index (χ1) is 7.95. The highest BCUT2D eigenvalue weighted by Gasteiger charge is 2.23. The molecule has 0 spiro atoms. The van der Waals surface area contributed by atoms with Gasteiger partial charge in [-0.05, 0) is 0 Å². The molecule has 86 valence electrons. The number of hydrogen-bond acceptors (Lipinski definition) is 5. The largest absolute Gasteiger partial charge is 0.376 e. The Labute approximate surface area is 99.2 Å². The van der Waals surface area contributed by atoms with Gasteiger partial charge in [-0.1, -0.05) is 0 Å². The molecule has 1 fully saturated rings. The summed E-state index contributed by atoms with van der Waals surface area (Å²) in [5.41, 5.74) is 3.54. The van der Waals surface area contributed by atoms with Crippen molar-refractivity contribution in [3.05, 3.63) is 23.3 Å². The van der Waals surface area contributed by atoms with E-state index < -0.39 is 0 Å². The molecule has 4 nitrogen and oxygen atoms in total. The first-order valence-corrected chi connectivity index (χ1v) is 6.82. The monoisotopic (exact) mass is 237 g/mol. The fourth-order valence-electron chi connectivity index (χ4n) is 2.22. The van der Waals surface area contributed by atoms with E-state index in [2.05, 4.69) is 15.3 Å². The lowest BCUT2D eigenvalue weighted by atomic mass is 10.0. The van der Waals surface area contributed by atoms with Crippen LogP contribution in [0.5, 0.6) is 0 Å². The lowest BCUT2D eigenvalue weighted by molar-refractivity contribution is 0.107. The van der Waals surface area contributed by atoms with Crippen molar-refractivity contribution in [1.29, 1.82) is 0 Å². The van der Waals surface area contributed by atoms with Crippen LogP contribution in [0.1, 0.15) is 23.0 Å². The first kappa shape index (κ1) is 10.5. The van der Waals surface area contributed by atoms with Gasteiger partial charge in [-0.2, -0.15) is 11.8 Å². The van der Waals surface area contributed by atoms with E-state index in [4.69, 9.17) is 4.74 Å². The Kier molecular flexibility index (Phi) is 3.08. The second kappa shape index (κ2) is 4.69. The summed E-state index contributed by atoms with van der Waals surface area (Å²) in [5.74, 6) is 2.30. The van der Waals surface area contributed by atoms with Gasteiger partial charge in [-0.25, -0.2) is 9.97 Å². The first-order valence-electron chi connectivity index (χ1n) is 5.66. The van der Waals surface area contributed by atoms with Gasteiger partial charge in [-0.3, -0.25) is 0 Å². The van der Waals surface area contributed by atoms with Crippen LogP contribution in [0.4, 0.5) is 0 Å². The third-order valence-corrected chi connectivity index (χ3v) is 4.11. The summed E-state index contributed by atoms with van der Waals surface area (Å²) in [4.78, 5) is 8.80. The van der Waals surface area contributed by atoms with Crippen LogP contribution in [-0.4, -0.2) is 34.6 Å². The third-order valence-electron chi connectivity index (χ3n) is 3.05. The van der Waals surface area contributed by atoms with E-state index in [1.165, 1.54) is 17.0 Å². The van der Waals surface area contributed by atoms with E-state index in [0.717, 1.165) is 31.0 Å². The maximum absolute atomic E-state index is 5.51. The van der Waals surface area contributed by atoms with Crippen LogP contribution in [0, 0.1) is 0 Å². The molecule has 0 amide bonds. The van der Waals surface area contributed by atoms with Gasteiger partial charge >= 0.3 is 0 Å². The molecule has 1 N–H and O–H groups in total. The molecule has 3 heterocycles. The van der Waals surface area contributed by atoms with Gasteiger partial charge in [0.05, 0.1) is 30.6 Å². The number of hydrogen-bond donors (Lipinski definition) is 1. The van der Waals surface area contributed by atoms with Crippen LogP contribution in [0.3, 0.4) is 0 Å². The fraction of sp³-hybridized carbons (Fsp3) is 0.636. The molecule has 5 heteroatoms. The molecule has 1 aromatic rings. The average Bonchev–Trinajstić information content (AvgIpc) is 2.39. The van der Waals surface area contributed by atoms with Crippen LogP contribution >= 0.6 is 11.8 Å². The summed E-state index contributed by atoms with van der Waals surface area (Å²) in [6.45, 7) is 2.53. The maximum Gasteiger partial charge on any atom is 0.116 e. The van der Waals surface area contributed by atoms with Crippen LogP contribution < -0.4 is 5.32 Å². The van der Waals surface area contributed by atoms with Gasteiger partial charge in [0.25, 0.3) is 0 Å². The summed E-state index contributed by atoms with van der Waals surface area (Å²) in [7, 11) is 0. The molecule has 0 aliphatic carbocycles. The zero-order valence-corrected chi connectivity index (χ0v) is 9.92. The Morgan fingerprint density at radius 3 is 3.31 bits per heavy atom. The van der Waals surface area contributed by atoms with E-state index in [1.807, 2.05) is 11.8 Å². The minimum atomic E-state index is 0.372. The lowest BCUT2D eigenvalue weighted by Gasteiger charge is -2.26. The smallest absolute Gasteiger partial charge is 0.116 e. The number of ether oxygens (including phenoxy) is 1. The van der Waals surface area contributed by atoms with Crippen LogP contribution in [0.25, 0.3) is 0 Å². The van der Waals surface area contributed by atoms with Crippen molar-refractivity contribution in [3.63, 3.8) is 0 Å². The fourth-order valence-corrected chi connectivity index (χ4v) is 3.16. The number of fused-ring (bicyclic) bond motifs is 1. The van der Waals surface area contributed by atoms with E-state index >= 15 is 0 Å². The van der Waals surface area contributed by atoms with E-state index in [-0.39, 0.29) is 0 Å². The van der Waals surface area contributed by atoms with Crippen molar-refractivity contribution in [2.75, 3.05) is 24.7 Å². The van der Waals surface area contributed by atoms with E-state index in [9.17, 15) is 0 Å². The molecule has 1 atom stereocenters. The SMILES string of the molecule is c1nc2c(c(C3CSCCN3)n1)COCC2. The molecule has 1 aromatic heterocycles. The van der Waals surface area contributed by atoms with Crippen molar-refractivity contribution in [2.24, 2.45) is 0 Å². The lowest BCUT2D eigenvalue weighted by Crippen LogP contribution is -2.32.